The first-order valence-electron chi connectivity index (χ1n) is 13.8. The van der Waals surface area contributed by atoms with Gasteiger partial charge in [-0.1, -0.05) is 0 Å². The van der Waals surface area contributed by atoms with Gasteiger partial charge in [-0.3, -0.25) is 4.79 Å². The molecule has 0 radical (unpaired) electrons. The van der Waals surface area contributed by atoms with Crippen molar-refractivity contribution in [1.29, 1.82) is 0 Å². The Balaban J connectivity index is 1.56. The number of piperazine rings is 1. The van der Waals surface area contributed by atoms with Crippen molar-refractivity contribution in [2.75, 3.05) is 38.8 Å². The number of anilines is 1. The third-order valence-corrected chi connectivity index (χ3v) is 7.45. The third kappa shape index (κ3) is 5.45. The number of methoxy groups -OCH3 is 2. The Kier molecular flexibility index (Phi) is 7.74. The first-order valence-corrected chi connectivity index (χ1v) is 13.8. The number of aromatic nitrogens is 2. The van der Waals surface area contributed by atoms with Crippen LogP contribution in [0.3, 0.4) is 0 Å². The summed E-state index contributed by atoms with van der Waals surface area (Å²) >= 11 is 0. The maximum Gasteiger partial charge on any atom is 0.410 e. The van der Waals surface area contributed by atoms with Crippen LogP contribution in [0.15, 0.2) is 35.3 Å². The number of hydrogen-bond acceptors (Lipinski definition) is 9. The molecule has 5 rings (SSSR count). The summed E-state index contributed by atoms with van der Waals surface area (Å²) in [5.74, 6) is -0.286. The van der Waals surface area contributed by atoms with Gasteiger partial charge in [0.2, 0.25) is 5.43 Å². The fraction of sp³-hybridized carbons (Fsp3) is 0.467. The second-order valence-electron chi connectivity index (χ2n) is 11.4. The highest BCUT2D eigenvalue weighted by Gasteiger charge is 2.47. The van der Waals surface area contributed by atoms with E-state index in [1.165, 1.54) is 13.3 Å². The summed E-state index contributed by atoms with van der Waals surface area (Å²) in [4.78, 5) is 47.0. The molecule has 0 aliphatic carbocycles. The zero-order chi connectivity index (χ0) is 30.3. The summed E-state index contributed by atoms with van der Waals surface area (Å²) in [6, 6.07) is 6.11. The molecule has 42 heavy (non-hydrogen) atoms. The number of amides is 1. The number of esters is 1. The maximum absolute atomic E-state index is 15.7. The van der Waals surface area contributed by atoms with Crippen LogP contribution in [0.2, 0.25) is 0 Å². The van der Waals surface area contributed by atoms with Gasteiger partial charge in [-0.2, -0.15) is 0 Å². The van der Waals surface area contributed by atoms with Crippen LogP contribution in [-0.2, 0) is 16.0 Å². The number of carbonyl (C=O) groups is 2. The SMILES string of the molecule is CCOC(=O)c1cn(Cc2ccc(OC)cc2OC)c2nc(N3CC4CC3CN4C(=O)OC(C)(C)C)c(F)cc2c1=O. The van der Waals surface area contributed by atoms with E-state index >= 15 is 4.39 Å². The van der Waals surface area contributed by atoms with Gasteiger partial charge in [-0.25, -0.2) is 19.0 Å². The van der Waals surface area contributed by atoms with Crippen LogP contribution >= 0.6 is 0 Å². The van der Waals surface area contributed by atoms with E-state index in [1.54, 1.807) is 41.7 Å². The summed E-state index contributed by atoms with van der Waals surface area (Å²) in [6.07, 6.45) is 1.65. The van der Waals surface area contributed by atoms with Crippen LogP contribution in [0.25, 0.3) is 11.0 Å². The highest BCUT2D eigenvalue weighted by Crippen LogP contribution is 2.36. The number of halogens is 1. The van der Waals surface area contributed by atoms with Crippen LogP contribution < -0.4 is 19.8 Å². The number of ether oxygens (including phenoxy) is 4. The van der Waals surface area contributed by atoms with Gasteiger partial charge in [-0.15, -0.1) is 0 Å². The van der Waals surface area contributed by atoms with Crippen LogP contribution in [0, 0.1) is 5.82 Å². The number of fused-ring (bicyclic) bond motifs is 3. The third-order valence-electron chi connectivity index (χ3n) is 7.45. The molecule has 2 unspecified atom stereocenters. The highest BCUT2D eigenvalue weighted by atomic mass is 19.1. The van der Waals surface area contributed by atoms with Gasteiger partial charge in [0.25, 0.3) is 0 Å². The first kappa shape index (κ1) is 29.2. The van der Waals surface area contributed by atoms with Gasteiger partial charge in [0.1, 0.15) is 28.3 Å². The van der Waals surface area contributed by atoms with Gasteiger partial charge < -0.3 is 33.3 Å². The summed E-state index contributed by atoms with van der Waals surface area (Å²) in [6.45, 7) is 8.06. The molecule has 11 nitrogen and oxygen atoms in total. The van der Waals surface area contributed by atoms with Crippen molar-refractivity contribution in [3.05, 3.63) is 57.6 Å². The number of nitrogens with zero attached hydrogens (tertiary/aromatic N) is 4. The molecular formula is C30H35FN4O7. The Morgan fingerprint density at radius 1 is 1.10 bits per heavy atom. The smallest absolute Gasteiger partial charge is 0.410 e. The largest absolute Gasteiger partial charge is 0.497 e. The van der Waals surface area contributed by atoms with Crippen molar-refractivity contribution >= 4 is 28.9 Å². The topological polar surface area (TPSA) is 112 Å². The molecule has 2 aromatic heterocycles. The van der Waals surface area contributed by atoms with Gasteiger partial charge in [0.15, 0.2) is 11.6 Å². The molecule has 12 heteroatoms. The second-order valence-corrected chi connectivity index (χ2v) is 11.4. The van der Waals surface area contributed by atoms with E-state index in [4.69, 9.17) is 18.9 Å². The number of benzene rings is 1. The lowest BCUT2D eigenvalue weighted by Gasteiger charge is -2.35. The van der Waals surface area contributed by atoms with Gasteiger partial charge in [-0.05, 0) is 52.3 Å². The monoisotopic (exact) mass is 582 g/mol. The molecule has 0 saturated carbocycles. The molecule has 4 heterocycles. The molecule has 3 aromatic rings. The number of pyridine rings is 2. The summed E-state index contributed by atoms with van der Waals surface area (Å²) in [5, 5.41) is -0.0472. The zero-order valence-corrected chi connectivity index (χ0v) is 24.6. The van der Waals surface area contributed by atoms with Crippen molar-refractivity contribution < 1.29 is 32.9 Å². The van der Waals surface area contributed by atoms with Crippen molar-refractivity contribution in [2.45, 2.75) is 58.3 Å². The summed E-state index contributed by atoms with van der Waals surface area (Å²) in [5.41, 5.74) is -0.589. The Hall–Kier alpha value is -4.35. The normalized spacial score (nSPS) is 18.0. The Bertz CT molecular complexity index is 1600. The average molecular weight is 583 g/mol. The van der Waals surface area contributed by atoms with Gasteiger partial charge in [0, 0.05) is 30.9 Å². The molecule has 1 aromatic carbocycles. The minimum Gasteiger partial charge on any atom is -0.497 e. The van der Waals surface area contributed by atoms with E-state index in [0.29, 0.717) is 31.0 Å². The molecule has 2 aliphatic heterocycles. The maximum atomic E-state index is 15.7. The summed E-state index contributed by atoms with van der Waals surface area (Å²) in [7, 11) is 3.08. The van der Waals surface area contributed by atoms with Crippen molar-refractivity contribution in [1.82, 2.24) is 14.5 Å². The predicted octanol–water partition coefficient (Wildman–Crippen LogP) is 3.98. The highest BCUT2D eigenvalue weighted by molar-refractivity contribution is 5.93. The fourth-order valence-corrected chi connectivity index (χ4v) is 5.59. The quantitative estimate of drug-likeness (QED) is 0.382. The molecule has 1 amide bonds. The van der Waals surface area contributed by atoms with Crippen molar-refractivity contribution in [3.8, 4) is 11.5 Å². The van der Waals surface area contributed by atoms with Crippen LogP contribution in [0.5, 0.6) is 11.5 Å². The van der Waals surface area contributed by atoms with Crippen molar-refractivity contribution in [3.63, 3.8) is 0 Å². The lowest BCUT2D eigenvalue weighted by molar-refractivity contribution is 0.0214. The van der Waals surface area contributed by atoms with E-state index in [-0.39, 0.29) is 47.7 Å². The molecule has 2 aliphatic rings. The second kappa shape index (κ2) is 11.1. The zero-order valence-electron chi connectivity index (χ0n) is 24.6. The molecule has 2 bridgehead atoms. The molecule has 224 valence electrons. The van der Waals surface area contributed by atoms with E-state index in [2.05, 4.69) is 4.98 Å². The standard InChI is InChI=1S/C30H35FN4O7/c1-7-41-28(37)22-16-33(13-17-8-9-20(39-5)11-24(17)40-6)26-21(25(22)36)12-23(31)27(32-26)34-14-19-10-18(34)15-35(19)29(38)42-30(2,3)4/h8-9,11-12,16,18-19H,7,10,13-15H2,1-6H3. The van der Waals surface area contributed by atoms with E-state index in [0.717, 1.165) is 11.6 Å². The lowest BCUT2D eigenvalue weighted by Crippen LogP contribution is -2.50. The van der Waals surface area contributed by atoms with Gasteiger partial charge in [0.05, 0.1) is 44.8 Å². The Morgan fingerprint density at radius 3 is 2.48 bits per heavy atom. The minimum atomic E-state index is -0.802. The molecule has 0 N–H and O–H groups in total. The predicted molar refractivity (Wildman–Crippen MR) is 153 cm³/mol. The lowest BCUT2D eigenvalue weighted by atomic mass is 10.1. The molecule has 2 fully saturated rings. The van der Waals surface area contributed by atoms with Crippen LogP contribution in [0.1, 0.15) is 50.0 Å². The minimum absolute atomic E-state index is 0.0472. The molecule has 2 saturated heterocycles. The number of likely N-dealkylation sites (tertiary alicyclic amines) is 1. The molecule has 2 atom stereocenters. The fourth-order valence-electron chi connectivity index (χ4n) is 5.59. The average Bonchev–Trinajstić information content (AvgIpc) is 3.55. The van der Waals surface area contributed by atoms with E-state index in [1.807, 2.05) is 25.7 Å². The molecule has 0 spiro atoms. The van der Waals surface area contributed by atoms with Crippen molar-refractivity contribution in [2.24, 2.45) is 0 Å². The van der Waals surface area contributed by atoms with Crippen LogP contribution in [0.4, 0.5) is 15.0 Å². The van der Waals surface area contributed by atoms with E-state index < -0.39 is 28.9 Å². The Morgan fingerprint density at radius 2 is 1.86 bits per heavy atom. The van der Waals surface area contributed by atoms with Gasteiger partial charge >= 0.3 is 12.1 Å². The number of rotatable bonds is 7. The van der Waals surface area contributed by atoms with E-state index in [9.17, 15) is 14.4 Å². The number of hydrogen-bond donors (Lipinski definition) is 0. The Labute approximate surface area is 242 Å². The molecular weight excluding hydrogens is 547 g/mol. The summed E-state index contributed by atoms with van der Waals surface area (Å²) < 4.78 is 38.8. The first-order chi connectivity index (χ1) is 19.9. The van der Waals surface area contributed by atoms with Crippen LogP contribution in [-0.4, -0.2) is 78.1 Å². The number of carbonyl (C=O) groups excluding carboxylic acids is 2.